The molecule has 0 atom stereocenters. The molecule has 0 aromatic carbocycles. The molecule has 7 heteroatoms. The molecule has 3 aromatic heterocycles. The number of sulfonamides is 1. The quantitative estimate of drug-likeness (QED) is 0.764. The van der Waals surface area contributed by atoms with Crippen LogP contribution in [0.2, 0.25) is 0 Å². The lowest BCUT2D eigenvalue weighted by molar-refractivity contribution is 0.583. The van der Waals surface area contributed by atoms with Crippen LogP contribution in [0.15, 0.2) is 51.6 Å². The van der Waals surface area contributed by atoms with E-state index in [0.717, 1.165) is 21.6 Å². The van der Waals surface area contributed by atoms with Gasteiger partial charge in [-0.3, -0.25) is 4.98 Å². The minimum Gasteiger partial charge on any atom is -0.264 e. The van der Waals surface area contributed by atoms with Crippen LogP contribution in [-0.4, -0.2) is 13.4 Å². The van der Waals surface area contributed by atoms with E-state index in [1.165, 1.54) is 11.3 Å². The summed E-state index contributed by atoms with van der Waals surface area (Å²) in [5, 5.41) is 4.04. The average Bonchev–Trinajstić information content (AvgIpc) is 3.17. The normalized spacial score (nSPS) is 11.7. The first kappa shape index (κ1) is 15.4. The average molecular weight is 350 g/mol. The SMILES string of the molecule is Cc1ccc(S(=O)(=O)NCc2cncc(-c3ccsc3)c2)s1. The molecule has 3 aromatic rings. The summed E-state index contributed by atoms with van der Waals surface area (Å²) >= 11 is 2.89. The highest BCUT2D eigenvalue weighted by atomic mass is 32.2. The highest BCUT2D eigenvalue weighted by Gasteiger charge is 2.15. The molecule has 4 nitrogen and oxygen atoms in total. The van der Waals surface area contributed by atoms with Gasteiger partial charge in [-0.05, 0) is 53.1 Å². The van der Waals surface area contributed by atoms with E-state index in [4.69, 9.17) is 0 Å². The number of aryl methyl sites for hydroxylation is 1. The molecule has 0 spiro atoms. The molecule has 22 heavy (non-hydrogen) atoms. The topological polar surface area (TPSA) is 59.1 Å². The third kappa shape index (κ3) is 3.44. The van der Waals surface area contributed by atoms with Gasteiger partial charge in [-0.2, -0.15) is 11.3 Å². The zero-order valence-corrected chi connectivity index (χ0v) is 14.3. The van der Waals surface area contributed by atoms with Crippen molar-refractivity contribution in [3.63, 3.8) is 0 Å². The summed E-state index contributed by atoms with van der Waals surface area (Å²) < 4.78 is 27.4. The van der Waals surface area contributed by atoms with Gasteiger partial charge in [0.2, 0.25) is 10.0 Å². The molecule has 0 aliphatic heterocycles. The van der Waals surface area contributed by atoms with Crippen molar-refractivity contribution in [1.82, 2.24) is 9.71 Å². The van der Waals surface area contributed by atoms with Gasteiger partial charge in [0.25, 0.3) is 0 Å². The van der Waals surface area contributed by atoms with Crippen LogP contribution in [0.3, 0.4) is 0 Å². The van der Waals surface area contributed by atoms with Crippen LogP contribution in [-0.2, 0) is 16.6 Å². The van der Waals surface area contributed by atoms with Crippen molar-refractivity contribution in [1.29, 1.82) is 0 Å². The van der Waals surface area contributed by atoms with Gasteiger partial charge in [0, 0.05) is 29.4 Å². The smallest absolute Gasteiger partial charge is 0.250 e. The van der Waals surface area contributed by atoms with E-state index < -0.39 is 10.0 Å². The van der Waals surface area contributed by atoms with Crippen LogP contribution in [0.4, 0.5) is 0 Å². The van der Waals surface area contributed by atoms with Gasteiger partial charge in [-0.15, -0.1) is 11.3 Å². The zero-order chi connectivity index (χ0) is 15.6. The molecule has 0 bridgehead atoms. The largest absolute Gasteiger partial charge is 0.264 e. The van der Waals surface area contributed by atoms with Crippen molar-refractivity contribution in [2.24, 2.45) is 0 Å². The summed E-state index contributed by atoms with van der Waals surface area (Å²) in [6.07, 6.45) is 3.46. The van der Waals surface area contributed by atoms with Gasteiger partial charge in [0.05, 0.1) is 0 Å². The predicted octanol–water partition coefficient (Wildman–Crippen LogP) is 3.66. The molecule has 0 fully saturated rings. The number of nitrogens with zero attached hydrogens (tertiary/aromatic N) is 1. The Morgan fingerprint density at radius 3 is 2.73 bits per heavy atom. The lowest BCUT2D eigenvalue weighted by Gasteiger charge is -2.06. The number of rotatable bonds is 5. The number of aromatic nitrogens is 1. The van der Waals surface area contributed by atoms with Crippen LogP contribution in [0.5, 0.6) is 0 Å². The Balaban J connectivity index is 1.75. The maximum absolute atomic E-state index is 12.2. The molecular formula is C15H14N2O2S3. The van der Waals surface area contributed by atoms with Gasteiger partial charge in [0.1, 0.15) is 4.21 Å². The minimum absolute atomic E-state index is 0.226. The molecule has 0 radical (unpaired) electrons. The molecule has 0 saturated carbocycles. The van der Waals surface area contributed by atoms with Crippen molar-refractivity contribution >= 4 is 32.7 Å². The third-order valence-electron chi connectivity index (χ3n) is 3.10. The summed E-state index contributed by atoms with van der Waals surface area (Å²) in [7, 11) is -3.46. The van der Waals surface area contributed by atoms with E-state index in [-0.39, 0.29) is 6.54 Å². The molecule has 0 aliphatic rings. The number of thiophene rings is 2. The summed E-state index contributed by atoms with van der Waals surface area (Å²) in [6, 6.07) is 7.40. The molecule has 114 valence electrons. The molecule has 0 aliphatic carbocycles. The second-order valence-corrected chi connectivity index (χ2v) is 8.85. The maximum atomic E-state index is 12.2. The van der Waals surface area contributed by atoms with Crippen LogP contribution < -0.4 is 4.72 Å². The number of hydrogen-bond donors (Lipinski definition) is 1. The molecule has 0 unspecified atom stereocenters. The second kappa shape index (κ2) is 6.29. The van der Waals surface area contributed by atoms with Crippen LogP contribution in [0, 0.1) is 6.92 Å². The highest BCUT2D eigenvalue weighted by molar-refractivity contribution is 7.91. The van der Waals surface area contributed by atoms with Gasteiger partial charge in [0.15, 0.2) is 0 Å². The number of hydrogen-bond acceptors (Lipinski definition) is 5. The summed E-state index contributed by atoms with van der Waals surface area (Å²) in [4.78, 5) is 5.16. The molecule has 3 rings (SSSR count). The fraction of sp³-hybridized carbons (Fsp3) is 0.133. The van der Waals surface area contributed by atoms with Crippen LogP contribution >= 0.6 is 22.7 Å². The monoisotopic (exact) mass is 350 g/mol. The fourth-order valence-corrected chi connectivity index (χ4v) is 4.99. The van der Waals surface area contributed by atoms with Gasteiger partial charge in [-0.1, -0.05) is 0 Å². The van der Waals surface area contributed by atoms with Crippen LogP contribution in [0.1, 0.15) is 10.4 Å². The van der Waals surface area contributed by atoms with Gasteiger partial charge < -0.3 is 0 Å². The number of pyridine rings is 1. The van der Waals surface area contributed by atoms with E-state index in [9.17, 15) is 8.42 Å². The molecular weight excluding hydrogens is 336 g/mol. The zero-order valence-electron chi connectivity index (χ0n) is 11.8. The summed E-state index contributed by atoms with van der Waals surface area (Å²) in [6.45, 7) is 2.11. The summed E-state index contributed by atoms with van der Waals surface area (Å²) in [5.74, 6) is 0. The molecule has 1 N–H and O–H groups in total. The summed E-state index contributed by atoms with van der Waals surface area (Å²) in [5.41, 5.74) is 2.92. The Morgan fingerprint density at radius 1 is 1.18 bits per heavy atom. The van der Waals surface area contributed by atoms with Crippen LogP contribution in [0.25, 0.3) is 11.1 Å². The first-order valence-corrected chi connectivity index (χ1v) is 9.81. The van der Waals surface area contributed by atoms with E-state index >= 15 is 0 Å². The van der Waals surface area contributed by atoms with Crippen molar-refractivity contribution < 1.29 is 8.42 Å². The second-order valence-electron chi connectivity index (χ2n) is 4.78. The Labute approximate surface area is 137 Å². The Morgan fingerprint density at radius 2 is 2.05 bits per heavy atom. The van der Waals surface area contributed by atoms with E-state index in [0.29, 0.717) is 4.21 Å². The Kier molecular flexibility index (Phi) is 4.39. The molecule has 3 heterocycles. The Hall–Kier alpha value is -1.54. The van der Waals surface area contributed by atoms with Crippen molar-refractivity contribution in [3.05, 3.63) is 57.9 Å². The third-order valence-corrected chi connectivity index (χ3v) is 6.67. The standard InChI is InChI=1S/C15H14N2O2S3/c1-11-2-3-15(21-11)22(18,19)17-8-12-6-14(9-16-7-12)13-4-5-20-10-13/h2-7,9-10,17H,8H2,1H3. The lowest BCUT2D eigenvalue weighted by Crippen LogP contribution is -2.22. The van der Waals surface area contributed by atoms with Crippen molar-refractivity contribution in [3.8, 4) is 11.1 Å². The number of nitrogens with one attached hydrogen (secondary N) is 1. The van der Waals surface area contributed by atoms with Crippen molar-refractivity contribution in [2.75, 3.05) is 0 Å². The predicted molar refractivity (Wildman–Crippen MR) is 90.6 cm³/mol. The van der Waals surface area contributed by atoms with Gasteiger partial charge in [-0.25, -0.2) is 13.1 Å². The first-order chi connectivity index (χ1) is 10.5. The minimum atomic E-state index is -3.46. The van der Waals surface area contributed by atoms with E-state index in [1.54, 1.807) is 35.9 Å². The van der Waals surface area contributed by atoms with E-state index in [2.05, 4.69) is 9.71 Å². The molecule has 0 saturated heterocycles. The first-order valence-electron chi connectivity index (χ1n) is 6.57. The van der Waals surface area contributed by atoms with E-state index in [1.807, 2.05) is 29.8 Å². The van der Waals surface area contributed by atoms with Gasteiger partial charge >= 0.3 is 0 Å². The fourth-order valence-electron chi connectivity index (χ4n) is 1.98. The van der Waals surface area contributed by atoms with Crippen molar-refractivity contribution in [2.45, 2.75) is 17.7 Å². The maximum Gasteiger partial charge on any atom is 0.250 e. The highest BCUT2D eigenvalue weighted by Crippen LogP contribution is 2.23. The Bertz CT molecular complexity index is 868. The lowest BCUT2D eigenvalue weighted by atomic mass is 10.1. The molecule has 0 amide bonds.